The minimum atomic E-state index is -0.0558. The lowest BCUT2D eigenvalue weighted by Gasteiger charge is -2.31. The first-order valence-electron chi connectivity index (χ1n) is 8.87. The van der Waals surface area contributed by atoms with E-state index in [9.17, 15) is 4.79 Å². The zero-order valence-corrected chi connectivity index (χ0v) is 14.2. The first kappa shape index (κ1) is 15.1. The van der Waals surface area contributed by atoms with Crippen LogP contribution in [0.1, 0.15) is 35.1 Å². The first-order valence-corrected chi connectivity index (χ1v) is 8.87. The largest absolute Gasteiger partial charge is 0.451 e. The second kappa shape index (κ2) is 5.98. The van der Waals surface area contributed by atoms with Crippen molar-refractivity contribution in [3.63, 3.8) is 0 Å². The molecule has 130 valence electrons. The van der Waals surface area contributed by atoms with Gasteiger partial charge in [-0.05, 0) is 37.1 Å². The molecule has 1 saturated heterocycles. The van der Waals surface area contributed by atoms with Gasteiger partial charge in [0.1, 0.15) is 11.4 Å². The number of hydrogen-bond acceptors (Lipinski definition) is 4. The van der Waals surface area contributed by atoms with E-state index < -0.39 is 0 Å². The molecule has 1 aromatic carbocycles. The number of piperidine rings is 1. The summed E-state index contributed by atoms with van der Waals surface area (Å²) < 4.78 is 7.77. The fraction of sp³-hybridized carbons (Fsp3) is 0.250. The van der Waals surface area contributed by atoms with E-state index in [1.54, 1.807) is 0 Å². The number of fused-ring (bicyclic) bond motifs is 2. The van der Waals surface area contributed by atoms with E-state index in [0.717, 1.165) is 41.8 Å². The lowest BCUT2D eigenvalue weighted by Crippen LogP contribution is -2.39. The van der Waals surface area contributed by atoms with Crippen LogP contribution in [-0.2, 0) is 0 Å². The summed E-state index contributed by atoms with van der Waals surface area (Å²) in [6.07, 6.45) is 3.92. The van der Waals surface area contributed by atoms with E-state index in [1.807, 2.05) is 64.0 Å². The molecule has 26 heavy (non-hydrogen) atoms. The molecule has 6 nitrogen and oxygen atoms in total. The fourth-order valence-corrected chi connectivity index (χ4v) is 3.75. The number of rotatable bonds is 2. The van der Waals surface area contributed by atoms with Crippen molar-refractivity contribution >= 4 is 22.5 Å². The number of carbonyl (C=O) groups excluding carboxylic acids is 1. The Morgan fingerprint density at radius 3 is 2.92 bits per heavy atom. The molecule has 0 saturated carbocycles. The molecular weight excluding hydrogens is 328 g/mol. The fourth-order valence-electron chi connectivity index (χ4n) is 3.75. The Hall–Kier alpha value is -3.15. The van der Waals surface area contributed by atoms with Crippen LogP contribution in [0, 0.1) is 0 Å². The molecule has 1 fully saturated rings. The van der Waals surface area contributed by atoms with Gasteiger partial charge in [0.25, 0.3) is 5.91 Å². The number of furan rings is 1. The maximum atomic E-state index is 12.9. The van der Waals surface area contributed by atoms with E-state index in [4.69, 9.17) is 4.42 Å². The molecule has 4 heterocycles. The smallest absolute Gasteiger partial charge is 0.289 e. The normalized spacial score (nSPS) is 17.8. The van der Waals surface area contributed by atoms with Crippen molar-refractivity contribution in [3.05, 3.63) is 66.3 Å². The lowest BCUT2D eigenvalue weighted by molar-refractivity contribution is 0.0674. The standard InChI is InChI=1S/C20H18N4O2/c25-20(17-12-14-6-1-2-8-16(14)26-17)23-10-5-7-15(13-23)19-22-21-18-9-3-4-11-24(18)19/h1-4,6,8-9,11-12,15H,5,7,10,13H2/t15-/m1/s1. The highest BCUT2D eigenvalue weighted by Crippen LogP contribution is 2.28. The van der Waals surface area contributed by atoms with E-state index in [0.29, 0.717) is 12.3 Å². The van der Waals surface area contributed by atoms with Crippen LogP contribution in [0.2, 0.25) is 0 Å². The predicted octanol–water partition coefficient (Wildman–Crippen LogP) is 3.50. The summed E-state index contributed by atoms with van der Waals surface area (Å²) >= 11 is 0. The van der Waals surface area contributed by atoms with Gasteiger partial charge < -0.3 is 9.32 Å². The molecule has 5 rings (SSSR count). The Kier molecular flexibility index (Phi) is 3.48. The van der Waals surface area contributed by atoms with Gasteiger partial charge in [-0.3, -0.25) is 9.20 Å². The number of carbonyl (C=O) groups is 1. The highest BCUT2D eigenvalue weighted by molar-refractivity contribution is 5.96. The monoisotopic (exact) mass is 346 g/mol. The van der Waals surface area contributed by atoms with Crippen molar-refractivity contribution in [2.24, 2.45) is 0 Å². The number of hydrogen-bond donors (Lipinski definition) is 0. The minimum Gasteiger partial charge on any atom is -0.451 e. The van der Waals surface area contributed by atoms with Crippen LogP contribution in [0.4, 0.5) is 0 Å². The van der Waals surface area contributed by atoms with Crippen LogP contribution >= 0.6 is 0 Å². The van der Waals surface area contributed by atoms with Gasteiger partial charge in [0, 0.05) is 30.6 Å². The average Bonchev–Trinajstić information content (AvgIpc) is 3.31. The summed E-state index contributed by atoms with van der Waals surface area (Å²) in [7, 11) is 0. The number of nitrogens with zero attached hydrogens (tertiary/aromatic N) is 4. The maximum Gasteiger partial charge on any atom is 0.289 e. The Bertz CT molecular complexity index is 1060. The number of pyridine rings is 1. The minimum absolute atomic E-state index is 0.0558. The highest BCUT2D eigenvalue weighted by Gasteiger charge is 2.29. The van der Waals surface area contributed by atoms with Crippen molar-refractivity contribution in [1.29, 1.82) is 0 Å². The molecule has 3 aromatic heterocycles. The highest BCUT2D eigenvalue weighted by atomic mass is 16.3. The summed E-state index contributed by atoms with van der Waals surface area (Å²) in [5.74, 6) is 1.44. The molecule has 0 N–H and O–H groups in total. The molecule has 0 bridgehead atoms. The van der Waals surface area contributed by atoms with Crippen molar-refractivity contribution in [1.82, 2.24) is 19.5 Å². The second-order valence-corrected chi connectivity index (χ2v) is 6.73. The molecule has 1 atom stereocenters. The Balaban J connectivity index is 1.42. The van der Waals surface area contributed by atoms with Crippen LogP contribution < -0.4 is 0 Å². The zero-order chi connectivity index (χ0) is 17.5. The number of para-hydroxylation sites is 1. The molecule has 0 unspecified atom stereocenters. The molecule has 0 aliphatic carbocycles. The van der Waals surface area contributed by atoms with Crippen LogP contribution in [0.5, 0.6) is 0 Å². The first-order chi connectivity index (χ1) is 12.8. The molecule has 6 heteroatoms. The quantitative estimate of drug-likeness (QED) is 0.557. The molecule has 1 aliphatic rings. The Morgan fingerprint density at radius 1 is 1.12 bits per heavy atom. The average molecular weight is 346 g/mol. The summed E-state index contributed by atoms with van der Waals surface area (Å²) in [4.78, 5) is 14.8. The lowest BCUT2D eigenvalue weighted by atomic mass is 9.97. The van der Waals surface area contributed by atoms with E-state index in [1.165, 1.54) is 0 Å². The summed E-state index contributed by atoms with van der Waals surface area (Å²) in [5.41, 5.74) is 1.58. The summed E-state index contributed by atoms with van der Waals surface area (Å²) in [6, 6.07) is 15.4. The summed E-state index contributed by atoms with van der Waals surface area (Å²) in [6.45, 7) is 1.37. The van der Waals surface area contributed by atoms with Gasteiger partial charge in [-0.15, -0.1) is 10.2 Å². The van der Waals surface area contributed by atoms with Crippen molar-refractivity contribution in [2.45, 2.75) is 18.8 Å². The van der Waals surface area contributed by atoms with Crippen LogP contribution in [0.3, 0.4) is 0 Å². The van der Waals surface area contributed by atoms with Crippen molar-refractivity contribution in [3.8, 4) is 0 Å². The Morgan fingerprint density at radius 2 is 2.00 bits per heavy atom. The molecular formula is C20H18N4O2. The molecule has 4 aromatic rings. The van der Waals surface area contributed by atoms with Crippen LogP contribution in [0.15, 0.2) is 59.1 Å². The van der Waals surface area contributed by atoms with Gasteiger partial charge in [-0.2, -0.15) is 0 Å². The van der Waals surface area contributed by atoms with Gasteiger partial charge in [-0.25, -0.2) is 0 Å². The van der Waals surface area contributed by atoms with Gasteiger partial charge in [0.05, 0.1) is 0 Å². The van der Waals surface area contributed by atoms with E-state index in [-0.39, 0.29) is 11.8 Å². The molecule has 1 amide bonds. The van der Waals surface area contributed by atoms with E-state index in [2.05, 4.69) is 10.2 Å². The predicted molar refractivity (Wildman–Crippen MR) is 97.1 cm³/mol. The Labute approximate surface area is 150 Å². The van der Waals surface area contributed by atoms with Crippen molar-refractivity contribution < 1.29 is 9.21 Å². The number of amides is 1. The third-order valence-corrected chi connectivity index (χ3v) is 5.05. The SMILES string of the molecule is O=C(c1cc2ccccc2o1)N1CCC[C@@H](c2nnc3ccccn23)C1. The number of likely N-dealkylation sites (tertiary alicyclic amines) is 1. The number of benzene rings is 1. The van der Waals surface area contributed by atoms with Gasteiger partial charge >= 0.3 is 0 Å². The topological polar surface area (TPSA) is 63.6 Å². The van der Waals surface area contributed by atoms with Gasteiger partial charge in [0.2, 0.25) is 0 Å². The van der Waals surface area contributed by atoms with Gasteiger partial charge in [0.15, 0.2) is 11.4 Å². The molecule has 0 spiro atoms. The third-order valence-electron chi connectivity index (χ3n) is 5.05. The molecule has 0 radical (unpaired) electrons. The zero-order valence-electron chi connectivity index (χ0n) is 14.2. The third kappa shape index (κ3) is 2.45. The number of aromatic nitrogens is 3. The van der Waals surface area contributed by atoms with Gasteiger partial charge in [-0.1, -0.05) is 24.3 Å². The van der Waals surface area contributed by atoms with Crippen molar-refractivity contribution in [2.75, 3.05) is 13.1 Å². The summed E-state index contributed by atoms with van der Waals surface area (Å²) in [5, 5.41) is 9.57. The van der Waals surface area contributed by atoms with Crippen LogP contribution in [0.25, 0.3) is 16.6 Å². The van der Waals surface area contributed by atoms with Crippen LogP contribution in [-0.4, -0.2) is 38.5 Å². The van der Waals surface area contributed by atoms with E-state index >= 15 is 0 Å². The second-order valence-electron chi connectivity index (χ2n) is 6.73. The maximum absolute atomic E-state index is 12.9. The molecule has 1 aliphatic heterocycles.